The van der Waals surface area contributed by atoms with Crippen molar-refractivity contribution in [1.29, 1.82) is 0 Å². The zero-order valence-electron chi connectivity index (χ0n) is 8.38. The van der Waals surface area contributed by atoms with Crippen molar-refractivity contribution < 1.29 is 17.8 Å². The summed E-state index contributed by atoms with van der Waals surface area (Å²) in [6.07, 6.45) is -0.288. The van der Waals surface area contributed by atoms with Crippen molar-refractivity contribution in [3.63, 3.8) is 0 Å². The summed E-state index contributed by atoms with van der Waals surface area (Å²) >= 11 is 0. The molecule has 0 heterocycles. The van der Waals surface area contributed by atoms with Crippen LogP contribution in [0.15, 0.2) is 24.3 Å². The number of benzene rings is 1. The molecule has 0 bridgehead atoms. The minimum absolute atomic E-state index is 0.288. The maximum absolute atomic E-state index is 11.2. The van der Waals surface area contributed by atoms with Gasteiger partial charge < -0.3 is 11.1 Å². The van der Waals surface area contributed by atoms with E-state index >= 15 is 0 Å². The van der Waals surface area contributed by atoms with Gasteiger partial charge in [-0.05, 0) is 24.3 Å². The average Bonchev–Trinajstić information content (AvgIpc) is 2.18. The Kier molecular flexibility index (Phi) is 3.86. The first-order valence-corrected chi connectivity index (χ1v) is 6.08. The summed E-state index contributed by atoms with van der Waals surface area (Å²) in [7, 11) is -4.10. The molecule has 1 rings (SSSR count). The fourth-order valence-corrected chi connectivity index (χ4v) is 1.45. The molecule has 1 amide bonds. The highest BCUT2D eigenvalue weighted by atomic mass is 32.2. The van der Waals surface area contributed by atoms with Gasteiger partial charge in [0.05, 0.1) is 5.75 Å². The monoisotopic (exact) mass is 244 g/mol. The minimum Gasteiger partial charge on any atom is -0.399 e. The number of hydrogen-bond donors (Lipinski definition) is 3. The van der Waals surface area contributed by atoms with Crippen molar-refractivity contribution in [1.82, 2.24) is 0 Å². The fraction of sp³-hybridized carbons (Fsp3) is 0.222. The molecule has 1 aromatic rings. The van der Waals surface area contributed by atoms with Gasteiger partial charge in [0.15, 0.2) is 0 Å². The molecule has 0 aliphatic heterocycles. The van der Waals surface area contributed by atoms with Crippen LogP contribution in [0.2, 0.25) is 0 Å². The molecule has 88 valence electrons. The van der Waals surface area contributed by atoms with E-state index in [1.807, 2.05) is 0 Å². The maximum atomic E-state index is 11.2. The second kappa shape index (κ2) is 4.95. The summed E-state index contributed by atoms with van der Waals surface area (Å²) in [4.78, 5) is 11.2. The van der Waals surface area contributed by atoms with Gasteiger partial charge in [0, 0.05) is 17.8 Å². The van der Waals surface area contributed by atoms with E-state index in [1.54, 1.807) is 24.3 Å². The molecule has 0 aromatic heterocycles. The van der Waals surface area contributed by atoms with Crippen molar-refractivity contribution in [2.24, 2.45) is 0 Å². The molecule has 7 heteroatoms. The van der Waals surface area contributed by atoms with E-state index in [1.165, 1.54) is 0 Å². The standard InChI is InChI=1S/C9H12N2O4S/c10-7-1-3-8(4-2-7)11-9(12)5-6-16(13,14)15/h1-4H,5-6,10H2,(H,11,12)(H,13,14,15). The van der Waals surface area contributed by atoms with E-state index < -0.39 is 21.8 Å². The predicted molar refractivity (Wildman–Crippen MR) is 60.5 cm³/mol. The van der Waals surface area contributed by atoms with Gasteiger partial charge in [0.1, 0.15) is 0 Å². The number of nitrogens with two attached hydrogens (primary N) is 1. The van der Waals surface area contributed by atoms with Crippen LogP contribution in [-0.2, 0) is 14.9 Å². The third-order valence-corrected chi connectivity index (χ3v) is 2.50. The average molecular weight is 244 g/mol. The van der Waals surface area contributed by atoms with Crippen LogP contribution >= 0.6 is 0 Å². The van der Waals surface area contributed by atoms with Crippen LogP contribution in [0.3, 0.4) is 0 Å². The van der Waals surface area contributed by atoms with E-state index in [4.69, 9.17) is 10.3 Å². The number of rotatable bonds is 4. The maximum Gasteiger partial charge on any atom is 0.265 e. The van der Waals surface area contributed by atoms with Gasteiger partial charge in [0.2, 0.25) is 5.91 Å². The van der Waals surface area contributed by atoms with Crippen LogP contribution in [-0.4, -0.2) is 24.6 Å². The van der Waals surface area contributed by atoms with Gasteiger partial charge in [-0.3, -0.25) is 9.35 Å². The molecule has 0 saturated carbocycles. The minimum atomic E-state index is -4.10. The first kappa shape index (κ1) is 12.5. The molecular formula is C9H12N2O4S. The van der Waals surface area contributed by atoms with E-state index in [-0.39, 0.29) is 6.42 Å². The van der Waals surface area contributed by atoms with Crippen LogP contribution in [0.5, 0.6) is 0 Å². The lowest BCUT2D eigenvalue weighted by Crippen LogP contribution is -2.16. The van der Waals surface area contributed by atoms with Gasteiger partial charge in [-0.25, -0.2) is 0 Å². The Morgan fingerprint density at radius 1 is 1.31 bits per heavy atom. The summed E-state index contributed by atoms with van der Waals surface area (Å²) in [6, 6.07) is 6.41. The first-order chi connectivity index (χ1) is 7.37. The highest BCUT2D eigenvalue weighted by molar-refractivity contribution is 7.85. The van der Waals surface area contributed by atoms with Crippen molar-refractivity contribution in [3.05, 3.63) is 24.3 Å². The quantitative estimate of drug-likeness (QED) is 0.527. The summed E-state index contributed by atoms with van der Waals surface area (Å²) in [5.41, 5.74) is 6.54. The molecule has 0 aliphatic carbocycles. The molecule has 6 nitrogen and oxygen atoms in total. The van der Waals surface area contributed by atoms with Gasteiger partial charge >= 0.3 is 0 Å². The zero-order valence-corrected chi connectivity index (χ0v) is 9.20. The third-order valence-electron chi connectivity index (χ3n) is 1.78. The number of nitrogen functional groups attached to an aromatic ring is 1. The topological polar surface area (TPSA) is 109 Å². The lowest BCUT2D eigenvalue weighted by atomic mass is 10.3. The van der Waals surface area contributed by atoms with E-state index in [0.717, 1.165) is 0 Å². The lowest BCUT2D eigenvalue weighted by Gasteiger charge is -2.04. The van der Waals surface area contributed by atoms with Crippen molar-refractivity contribution in [2.75, 3.05) is 16.8 Å². The smallest absolute Gasteiger partial charge is 0.265 e. The molecule has 0 aliphatic rings. The number of hydrogen-bond acceptors (Lipinski definition) is 4. The number of amides is 1. The predicted octanol–water partition coefficient (Wildman–Crippen LogP) is 0.485. The Bertz CT molecular complexity index is 467. The zero-order chi connectivity index (χ0) is 12.2. The van der Waals surface area contributed by atoms with E-state index in [9.17, 15) is 13.2 Å². The summed E-state index contributed by atoms with van der Waals surface area (Å²) < 4.78 is 29.2. The number of carbonyl (C=O) groups is 1. The molecule has 0 atom stereocenters. The molecule has 1 aromatic carbocycles. The molecular weight excluding hydrogens is 232 g/mol. The molecule has 4 N–H and O–H groups in total. The fourth-order valence-electron chi connectivity index (χ4n) is 1.01. The van der Waals surface area contributed by atoms with Gasteiger partial charge in [0.25, 0.3) is 10.1 Å². The molecule has 0 radical (unpaired) electrons. The summed E-state index contributed by atoms with van der Waals surface area (Å²) in [5.74, 6) is -1.07. The first-order valence-electron chi connectivity index (χ1n) is 4.47. The molecule has 0 fully saturated rings. The highest BCUT2D eigenvalue weighted by Crippen LogP contribution is 2.10. The van der Waals surface area contributed by atoms with Crippen LogP contribution in [0.1, 0.15) is 6.42 Å². The van der Waals surface area contributed by atoms with Gasteiger partial charge in [-0.1, -0.05) is 0 Å². The Labute approximate surface area is 93.2 Å². The van der Waals surface area contributed by atoms with E-state index in [2.05, 4.69) is 5.32 Å². The summed E-state index contributed by atoms with van der Waals surface area (Å²) in [6.45, 7) is 0. The van der Waals surface area contributed by atoms with Crippen LogP contribution in [0.4, 0.5) is 11.4 Å². The Balaban J connectivity index is 2.49. The third kappa shape index (κ3) is 4.76. The van der Waals surface area contributed by atoms with Crippen molar-refractivity contribution in [3.8, 4) is 0 Å². The Morgan fingerprint density at radius 2 is 1.88 bits per heavy atom. The van der Waals surface area contributed by atoms with Crippen LogP contribution in [0.25, 0.3) is 0 Å². The molecule has 0 spiro atoms. The Hall–Kier alpha value is -1.60. The van der Waals surface area contributed by atoms with Gasteiger partial charge in [-0.15, -0.1) is 0 Å². The van der Waals surface area contributed by atoms with Crippen LogP contribution < -0.4 is 11.1 Å². The summed E-state index contributed by atoms with van der Waals surface area (Å²) in [5, 5.41) is 2.47. The Morgan fingerprint density at radius 3 is 2.38 bits per heavy atom. The molecule has 0 saturated heterocycles. The van der Waals surface area contributed by atoms with Gasteiger partial charge in [-0.2, -0.15) is 8.42 Å². The van der Waals surface area contributed by atoms with Crippen molar-refractivity contribution >= 4 is 27.4 Å². The van der Waals surface area contributed by atoms with Crippen molar-refractivity contribution in [2.45, 2.75) is 6.42 Å². The number of carbonyl (C=O) groups excluding carboxylic acids is 1. The molecule has 0 unspecified atom stereocenters. The molecule has 16 heavy (non-hydrogen) atoms. The second-order valence-corrected chi connectivity index (χ2v) is 4.78. The van der Waals surface area contributed by atoms with E-state index in [0.29, 0.717) is 11.4 Å². The lowest BCUT2D eigenvalue weighted by molar-refractivity contribution is -0.115. The largest absolute Gasteiger partial charge is 0.399 e. The number of anilines is 2. The normalized spacial score (nSPS) is 11.1. The van der Waals surface area contributed by atoms with Crippen LogP contribution in [0, 0.1) is 0 Å². The number of nitrogens with one attached hydrogen (secondary N) is 1. The second-order valence-electron chi connectivity index (χ2n) is 3.21. The SMILES string of the molecule is Nc1ccc(NC(=O)CCS(=O)(=O)O)cc1. The highest BCUT2D eigenvalue weighted by Gasteiger charge is 2.09.